The molecule has 0 radical (unpaired) electrons. The number of morpholine rings is 1. The third-order valence-corrected chi connectivity index (χ3v) is 4.68. The van der Waals surface area contributed by atoms with Gasteiger partial charge in [0.1, 0.15) is 6.10 Å². The van der Waals surface area contributed by atoms with E-state index in [0.717, 1.165) is 26.1 Å². The van der Waals surface area contributed by atoms with Gasteiger partial charge >= 0.3 is 0 Å². The van der Waals surface area contributed by atoms with E-state index in [1.165, 1.54) is 24.0 Å². The van der Waals surface area contributed by atoms with E-state index in [2.05, 4.69) is 53.2 Å². The van der Waals surface area contributed by atoms with Crippen LogP contribution < -0.4 is 0 Å². The molecule has 0 amide bonds. The van der Waals surface area contributed by atoms with Crippen molar-refractivity contribution in [3.8, 4) is 0 Å². The first-order valence-corrected chi connectivity index (χ1v) is 9.35. The zero-order chi connectivity index (χ0) is 17.6. The molecule has 2 aromatic rings. The summed E-state index contributed by atoms with van der Waals surface area (Å²) in [4.78, 5) is 2.45. The molecule has 1 aliphatic heterocycles. The lowest BCUT2D eigenvalue weighted by Gasteiger charge is -2.33. The van der Waals surface area contributed by atoms with Gasteiger partial charge in [0.2, 0.25) is 11.8 Å². The third-order valence-electron chi connectivity index (χ3n) is 4.68. The SMILES string of the molecule is CCCc1ccc(CC(C)CN2CCOC(c3nnc(C)o3)C2)cc1. The van der Waals surface area contributed by atoms with Gasteiger partial charge in [-0.05, 0) is 29.9 Å². The number of aromatic nitrogens is 2. The maximum absolute atomic E-state index is 5.81. The van der Waals surface area contributed by atoms with Crippen LogP contribution in [0.4, 0.5) is 0 Å². The Morgan fingerprint density at radius 1 is 1.20 bits per heavy atom. The van der Waals surface area contributed by atoms with Gasteiger partial charge in [0.15, 0.2) is 0 Å². The Morgan fingerprint density at radius 3 is 2.64 bits per heavy atom. The summed E-state index contributed by atoms with van der Waals surface area (Å²) < 4.78 is 11.3. The average Bonchev–Trinajstić information content (AvgIpc) is 3.04. The summed E-state index contributed by atoms with van der Waals surface area (Å²) in [5.41, 5.74) is 2.86. The van der Waals surface area contributed by atoms with E-state index in [0.29, 0.717) is 24.3 Å². The molecule has 2 unspecified atom stereocenters. The molecule has 0 N–H and O–H groups in total. The highest BCUT2D eigenvalue weighted by atomic mass is 16.5. The number of hydrogen-bond acceptors (Lipinski definition) is 5. The Labute approximate surface area is 150 Å². The zero-order valence-corrected chi connectivity index (χ0v) is 15.6. The van der Waals surface area contributed by atoms with Gasteiger partial charge in [0.05, 0.1) is 6.61 Å². The molecule has 1 fully saturated rings. The number of nitrogens with zero attached hydrogens (tertiary/aromatic N) is 3. The number of hydrogen-bond donors (Lipinski definition) is 0. The van der Waals surface area contributed by atoms with E-state index in [1.807, 2.05) is 6.92 Å². The fraction of sp³-hybridized carbons (Fsp3) is 0.600. The largest absolute Gasteiger partial charge is 0.423 e. The number of aryl methyl sites for hydroxylation is 2. The molecule has 0 saturated carbocycles. The molecule has 5 nitrogen and oxygen atoms in total. The number of ether oxygens (including phenoxy) is 1. The highest BCUT2D eigenvalue weighted by Crippen LogP contribution is 2.22. The van der Waals surface area contributed by atoms with Crippen molar-refractivity contribution < 1.29 is 9.15 Å². The molecule has 5 heteroatoms. The van der Waals surface area contributed by atoms with E-state index in [4.69, 9.17) is 9.15 Å². The first kappa shape index (κ1) is 18.1. The second-order valence-corrected chi connectivity index (χ2v) is 7.15. The van der Waals surface area contributed by atoms with Crippen LogP contribution in [0.3, 0.4) is 0 Å². The van der Waals surface area contributed by atoms with Crippen molar-refractivity contribution in [1.29, 1.82) is 0 Å². The lowest BCUT2D eigenvalue weighted by molar-refractivity contribution is -0.0464. The van der Waals surface area contributed by atoms with Gasteiger partial charge in [-0.1, -0.05) is 44.5 Å². The van der Waals surface area contributed by atoms with Crippen LogP contribution in [-0.2, 0) is 17.6 Å². The summed E-state index contributed by atoms with van der Waals surface area (Å²) in [7, 11) is 0. The first-order chi connectivity index (χ1) is 12.1. The van der Waals surface area contributed by atoms with Crippen molar-refractivity contribution in [1.82, 2.24) is 15.1 Å². The van der Waals surface area contributed by atoms with Crippen LogP contribution in [0.1, 0.15) is 49.3 Å². The first-order valence-electron chi connectivity index (χ1n) is 9.35. The Morgan fingerprint density at radius 2 is 1.96 bits per heavy atom. The molecule has 1 saturated heterocycles. The van der Waals surface area contributed by atoms with Crippen molar-refractivity contribution >= 4 is 0 Å². The molecule has 0 bridgehead atoms. The van der Waals surface area contributed by atoms with Crippen LogP contribution in [0.2, 0.25) is 0 Å². The molecule has 136 valence electrons. The number of rotatable bonds is 7. The minimum atomic E-state index is -0.101. The van der Waals surface area contributed by atoms with Crippen molar-refractivity contribution in [3.05, 3.63) is 47.2 Å². The molecule has 0 aliphatic carbocycles. The molecule has 2 heterocycles. The Hall–Kier alpha value is -1.72. The minimum absolute atomic E-state index is 0.101. The quantitative estimate of drug-likeness (QED) is 0.769. The molecule has 0 spiro atoms. The summed E-state index contributed by atoms with van der Waals surface area (Å²) in [6, 6.07) is 9.11. The highest BCUT2D eigenvalue weighted by molar-refractivity contribution is 5.23. The standard InChI is InChI=1S/C20H29N3O2/c1-4-5-17-6-8-18(9-7-17)12-15(2)13-23-10-11-24-19(14-23)20-22-21-16(3)25-20/h6-9,15,19H,4-5,10-14H2,1-3H3. The van der Waals surface area contributed by atoms with E-state index in [1.54, 1.807) is 0 Å². The molecule has 3 rings (SSSR count). The van der Waals surface area contributed by atoms with Crippen LogP contribution in [0, 0.1) is 12.8 Å². The van der Waals surface area contributed by atoms with Crippen molar-refractivity contribution in [2.24, 2.45) is 5.92 Å². The fourth-order valence-corrected chi connectivity index (χ4v) is 3.50. The zero-order valence-electron chi connectivity index (χ0n) is 15.6. The van der Waals surface area contributed by atoms with Gasteiger partial charge in [0.25, 0.3) is 0 Å². The van der Waals surface area contributed by atoms with Crippen LogP contribution in [-0.4, -0.2) is 41.3 Å². The molecule has 1 aromatic heterocycles. The second-order valence-electron chi connectivity index (χ2n) is 7.15. The maximum atomic E-state index is 5.81. The van der Waals surface area contributed by atoms with Gasteiger partial charge < -0.3 is 9.15 Å². The molecule has 25 heavy (non-hydrogen) atoms. The molecule has 2 atom stereocenters. The highest BCUT2D eigenvalue weighted by Gasteiger charge is 2.27. The Kier molecular flexibility index (Phi) is 6.21. The molecular formula is C20H29N3O2. The van der Waals surface area contributed by atoms with E-state index in [-0.39, 0.29) is 6.10 Å². The van der Waals surface area contributed by atoms with Crippen molar-refractivity contribution in [3.63, 3.8) is 0 Å². The predicted molar refractivity (Wildman–Crippen MR) is 97.5 cm³/mol. The normalized spacial score (nSPS) is 19.9. The second kappa shape index (κ2) is 8.59. The van der Waals surface area contributed by atoms with E-state index in [9.17, 15) is 0 Å². The summed E-state index contributed by atoms with van der Waals surface area (Å²) in [6.07, 6.45) is 3.37. The monoisotopic (exact) mass is 343 g/mol. The molecular weight excluding hydrogens is 314 g/mol. The van der Waals surface area contributed by atoms with Gasteiger partial charge in [-0.3, -0.25) is 4.90 Å². The smallest absolute Gasteiger partial charge is 0.246 e. The lowest BCUT2D eigenvalue weighted by atomic mass is 9.98. The van der Waals surface area contributed by atoms with Crippen LogP contribution in [0.15, 0.2) is 28.7 Å². The Balaban J connectivity index is 1.50. The minimum Gasteiger partial charge on any atom is -0.423 e. The van der Waals surface area contributed by atoms with E-state index >= 15 is 0 Å². The molecule has 1 aliphatic rings. The summed E-state index contributed by atoms with van der Waals surface area (Å²) >= 11 is 0. The van der Waals surface area contributed by atoms with Gasteiger partial charge in [-0.15, -0.1) is 10.2 Å². The maximum Gasteiger partial charge on any atom is 0.246 e. The van der Waals surface area contributed by atoms with Crippen molar-refractivity contribution in [2.45, 2.75) is 46.1 Å². The summed E-state index contributed by atoms with van der Waals surface area (Å²) in [6.45, 7) is 9.91. The average molecular weight is 343 g/mol. The van der Waals surface area contributed by atoms with Gasteiger partial charge in [-0.25, -0.2) is 0 Å². The fourth-order valence-electron chi connectivity index (χ4n) is 3.50. The topological polar surface area (TPSA) is 51.4 Å². The summed E-state index contributed by atoms with van der Waals surface area (Å²) in [5, 5.41) is 8.01. The van der Waals surface area contributed by atoms with Gasteiger partial charge in [0, 0.05) is 26.6 Å². The predicted octanol–water partition coefficient (Wildman–Crippen LogP) is 3.58. The third kappa shape index (κ3) is 5.13. The lowest BCUT2D eigenvalue weighted by Crippen LogP contribution is -2.41. The summed E-state index contributed by atoms with van der Waals surface area (Å²) in [5.74, 6) is 1.79. The molecule has 1 aromatic carbocycles. The Bertz CT molecular complexity index is 653. The van der Waals surface area contributed by atoms with Crippen LogP contribution in [0.25, 0.3) is 0 Å². The number of benzene rings is 1. The van der Waals surface area contributed by atoms with Crippen LogP contribution >= 0.6 is 0 Å². The van der Waals surface area contributed by atoms with Crippen LogP contribution in [0.5, 0.6) is 0 Å². The van der Waals surface area contributed by atoms with Crippen molar-refractivity contribution in [2.75, 3.05) is 26.2 Å². The van der Waals surface area contributed by atoms with E-state index < -0.39 is 0 Å². The van der Waals surface area contributed by atoms with Gasteiger partial charge in [-0.2, -0.15) is 0 Å².